The SMILES string of the molecule is C=CC(O)C/C=C(\C)NC(=O)NCCN(CC)Cc1ccc(Cl)cc1.CC(F)F. The van der Waals surface area contributed by atoms with Crippen LogP contribution in [0.3, 0.4) is 0 Å². The summed E-state index contributed by atoms with van der Waals surface area (Å²) >= 11 is 5.90. The van der Waals surface area contributed by atoms with Crippen LogP contribution in [0.15, 0.2) is 48.7 Å². The lowest BCUT2D eigenvalue weighted by Crippen LogP contribution is -2.39. The molecule has 1 atom stereocenters. The van der Waals surface area contributed by atoms with Gasteiger partial charge in [0.1, 0.15) is 0 Å². The maximum absolute atomic E-state index is 11.9. The Bertz CT molecular complexity index is 622. The van der Waals surface area contributed by atoms with Crippen molar-refractivity contribution in [3.05, 3.63) is 59.3 Å². The van der Waals surface area contributed by atoms with Gasteiger partial charge in [-0.1, -0.05) is 42.8 Å². The largest absolute Gasteiger partial charge is 0.389 e. The van der Waals surface area contributed by atoms with Crippen LogP contribution in [0.4, 0.5) is 13.6 Å². The Hall–Kier alpha value is -1.96. The van der Waals surface area contributed by atoms with Crippen LogP contribution in [-0.2, 0) is 6.54 Å². The summed E-state index contributed by atoms with van der Waals surface area (Å²) in [6.07, 6.45) is 0.903. The molecule has 0 aliphatic carbocycles. The summed E-state index contributed by atoms with van der Waals surface area (Å²) in [5, 5.41) is 15.7. The van der Waals surface area contributed by atoms with Gasteiger partial charge in [-0.15, -0.1) is 6.58 Å². The van der Waals surface area contributed by atoms with Crippen molar-refractivity contribution in [3.63, 3.8) is 0 Å². The fraction of sp³-hybridized carbons (Fsp3) is 0.476. The molecule has 8 heteroatoms. The van der Waals surface area contributed by atoms with Gasteiger partial charge in [0.2, 0.25) is 6.43 Å². The molecule has 0 spiro atoms. The number of urea groups is 1. The third-order valence-electron chi connectivity index (χ3n) is 3.73. The molecule has 3 N–H and O–H groups in total. The number of alkyl halides is 2. The van der Waals surface area contributed by atoms with E-state index in [-0.39, 0.29) is 6.03 Å². The van der Waals surface area contributed by atoms with Gasteiger partial charge in [0.15, 0.2) is 0 Å². The average molecular weight is 432 g/mol. The Kier molecular flexibility index (Phi) is 14.8. The van der Waals surface area contributed by atoms with Crippen LogP contribution in [0.1, 0.15) is 32.8 Å². The maximum Gasteiger partial charge on any atom is 0.319 e. The Morgan fingerprint density at radius 1 is 1.34 bits per heavy atom. The van der Waals surface area contributed by atoms with Gasteiger partial charge in [-0.05, 0) is 44.5 Å². The van der Waals surface area contributed by atoms with Crippen molar-refractivity contribution in [2.45, 2.75) is 46.3 Å². The molecule has 0 aromatic heterocycles. The van der Waals surface area contributed by atoms with Crippen molar-refractivity contribution in [1.29, 1.82) is 0 Å². The Morgan fingerprint density at radius 2 is 1.93 bits per heavy atom. The van der Waals surface area contributed by atoms with E-state index < -0.39 is 12.5 Å². The molecule has 0 fully saturated rings. The number of allylic oxidation sites excluding steroid dienone is 1. The van der Waals surface area contributed by atoms with E-state index in [1.807, 2.05) is 24.3 Å². The van der Waals surface area contributed by atoms with E-state index in [4.69, 9.17) is 11.6 Å². The predicted octanol–water partition coefficient (Wildman–Crippen LogP) is 4.57. The zero-order valence-corrected chi connectivity index (χ0v) is 18.1. The highest BCUT2D eigenvalue weighted by Crippen LogP contribution is 2.11. The van der Waals surface area contributed by atoms with E-state index in [1.165, 1.54) is 11.6 Å². The Labute approximate surface area is 177 Å². The molecular formula is C21H32ClF2N3O2. The van der Waals surface area contributed by atoms with Gasteiger partial charge >= 0.3 is 6.03 Å². The summed E-state index contributed by atoms with van der Waals surface area (Å²) in [5.41, 5.74) is 1.89. The van der Waals surface area contributed by atoms with E-state index in [2.05, 4.69) is 29.0 Å². The van der Waals surface area contributed by atoms with Crippen molar-refractivity contribution in [1.82, 2.24) is 15.5 Å². The first-order chi connectivity index (χ1) is 13.7. The number of nitrogens with one attached hydrogen (secondary N) is 2. The van der Waals surface area contributed by atoms with Crippen molar-refractivity contribution in [2.75, 3.05) is 19.6 Å². The molecule has 0 aliphatic rings. The highest BCUT2D eigenvalue weighted by molar-refractivity contribution is 6.30. The van der Waals surface area contributed by atoms with Gasteiger partial charge in [0, 0.05) is 30.4 Å². The lowest BCUT2D eigenvalue weighted by molar-refractivity contribution is 0.171. The van der Waals surface area contributed by atoms with Crippen LogP contribution in [0.5, 0.6) is 0 Å². The number of hydrogen-bond acceptors (Lipinski definition) is 3. The number of aliphatic hydroxyl groups excluding tert-OH is 1. The standard InChI is InChI=1S/C19H28ClN3O2.C2H4F2/c1-4-18(24)11-6-15(3)22-19(25)21-12-13-23(5-2)14-16-7-9-17(20)10-8-16;1-2(3)4/h4,6-10,18,24H,1,5,11-14H2,2-3H3,(H2,21,22,25);2H,1H3/b15-6+;. The number of amides is 2. The molecule has 1 rings (SSSR count). The number of rotatable bonds is 10. The Morgan fingerprint density at radius 3 is 2.45 bits per heavy atom. The molecule has 0 saturated carbocycles. The normalized spacial score (nSPS) is 12.2. The van der Waals surface area contributed by atoms with Gasteiger partial charge in [0.25, 0.3) is 0 Å². The van der Waals surface area contributed by atoms with E-state index in [0.717, 1.165) is 31.6 Å². The highest BCUT2D eigenvalue weighted by atomic mass is 35.5. The zero-order chi connectivity index (χ0) is 22.2. The molecule has 5 nitrogen and oxygen atoms in total. The van der Waals surface area contributed by atoms with Gasteiger partial charge in [-0.3, -0.25) is 4.90 Å². The van der Waals surface area contributed by atoms with Gasteiger partial charge in [-0.25, -0.2) is 13.6 Å². The van der Waals surface area contributed by atoms with Crippen molar-refractivity contribution in [3.8, 4) is 0 Å². The number of likely N-dealkylation sites (N-methyl/N-ethyl adjacent to an activating group) is 1. The number of nitrogens with zero attached hydrogens (tertiary/aromatic N) is 1. The smallest absolute Gasteiger partial charge is 0.319 e. The molecule has 0 radical (unpaired) electrons. The number of carbonyl (C=O) groups excluding carboxylic acids is 1. The number of aliphatic hydroxyl groups is 1. The summed E-state index contributed by atoms with van der Waals surface area (Å²) in [5.74, 6) is 0. The van der Waals surface area contributed by atoms with Crippen LogP contribution < -0.4 is 10.6 Å². The topological polar surface area (TPSA) is 64.6 Å². The molecule has 0 heterocycles. The first kappa shape index (κ1) is 27.0. The fourth-order valence-electron chi connectivity index (χ4n) is 2.19. The second kappa shape index (κ2) is 15.9. The second-order valence-corrected chi connectivity index (χ2v) is 6.76. The third kappa shape index (κ3) is 15.6. The van der Waals surface area contributed by atoms with Crippen molar-refractivity contribution < 1.29 is 18.7 Å². The molecule has 29 heavy (non-hydrogen) atoms. The Balaban J connectivity index is 0.00000178. The van der Waals surface area contributed by atoms with Gasteiger partial charge in [-0.2, -0.15) is 0 Å². The average Bonchev–Trinajstić information content (AvgIpc) is 2.66. The molecule has 1 aromatic carbocycles. The van der Waals surface area contributed by atoms with E-state index in [1.54, 1.807) is 13.0 Å². The van der Waals surface area contributed by atoms with Gasteiger partial charge in [0.05, 0.1) is 6.10 Å². The minimum atomic E-state index is -2.17. The number of carbonyl (C=O) groups is 1. The number of benzene rings is 1. The van der Waals surface area contributed by atoms with E-state index in [9.17, 15) is 18.7 Å². The van der Waals surface area contributed by atoms with Crippen LogP contribution in [0.25, 0.3) is 0 Å². The second-order valence-electron chi connectivity index (χ2n) is 6.32. The van der Waals surface area contributed by atoms with Crippen LogP contribution >= 0.6 is 11.6 Å². The lowest BCUT2D eigenvalue weighted by atomic mass is 10.2. The fourth-order valence-corrected chi connectivity index (χ4v) is 2.32. The van der Waals surface area contributed by atoms with Crippen LogP contribution in [-0.4, -0.2) is 48.2 Å². The molecule has 0 aliphatic heterocycles. The molecule has 0 saturated heterocycles. The summed E-state index contributed by atoms with van der Waals surface area (Å²) in [4.78, 5) is 14.1. The summed E-state index contributed by atoms with van der Waals surface area (Å²) in [6.45, 7) is 11.2. The predicted molar refractivity (Wildman–Crippen MR) is 115 cm³/mol. The summed E-state index contributed by atoms with van der Waals surface area (Å²) in [7, 11) is 0. The van der Waals surface area contributed by atoms with Crippen molar-refractivity contribution in [2.24, 2.45) is 0 Å². The number of hydrogen-bond donors (Lipinski definition) is 3. The minimum Gasteiger partial charge on any atom is -0.389 e. The van der Waals surface area contributed by atoms with E-state index >= 15 is 0 Å². The molecule has 1 aromatic rings. The first-order valence-corrected chi connectivity index (χ1v) is 9.82. The lowest BCUT2D eigenvalue weighted by Gasteiger charge is -2.20. The van der Waals surface area contributed by atoms with Crippen LogP contribution in [0, 0.1) is 0 Å². The quantitative estimate of drug-likeness (QED) is 0.475. The van der Waals surface area contributed by atoms with E-state index in [0.29, 0.717) is 18.7 Å². The first-order valence-electron chi connectivity index (χ1n) is 9.45. The minimum absolute atomic E-state index is 0.246. The van der Waals surface area contributed by atoms with Crippen LogP contribution in [0.2, 0.25) is 5.02 Å². The molecule has 0 bridgehead atoms. The van der Waals surface area contributed by atoms with Crippen molar-refractivity contribution >= 4 is 17.6 Å². The monoisotopic (exact) mass is 431 g/mol. The van der Waals surface area contributed by atoms with Gasteiger partial charge < -0.3 is 15.7 Å². The molecular weight excluding hydrogens is 400 g/mol. The molecule has 164 valence electrons. The zero-order valence-electron chi connectivity index (χ0n) is 17.3. The third-order valence-corrected chi connectivity index (χ3v) is 3.98. The summed E-state index contributed by atoms with van der Waals surface area (Å²) in [6, 6.07) is 7.54. The summed E-state index contributed by atoms with van der Waals surface area (Å²) < 4.78 is 20.7. The number of halogens is 3. The maximum atomic E-state index is 11.9. The molecule has 2 amide bonds. The highest BCUT2D eigenvalue weighted by Gasteiger charge is 2.06. The molecule has 1 unspecified atom stereocenters.